The summed E-state index contributed by atoms with van der Waals surface area (Å²) in [5.41, 5.74) is 3.48. The number of nitrogens with one attached hydrogen (secondary N) is 2. The van der Waals surface area contributed by atoms with Crippen LogP contribution in [-0.2, 0) is 11.3 Å². The molecule has 3 aromatic heterocycles. The number of morpholine rings is 1. The first-order valence-electron chi connectivity index (χ1n) is 13.2. The minimum atomic E-state index is 0.0955. The highest BCUT2D eigenvalue weighted by atomic mass is 32.1. The van der Waals surface area contributed by atoms with Gasteiger partial charge >= 0.3 is 0 Å². The van der Waals surface area contributed by atoms with E-state index in [1.54, 1.807) is 0 Å². The summed E-state index contributed by atoms with van der Waals surface area (Å²) in [7, 11) is 4.22. The molecule has 1 aliphatic heterocycles. The van der Waals surface area contributed by atoms with E-state index in [-0.39, 0.29) is 6.04 Å². The second kappa shape index (κ2) is 12.2. The molecule has 4 aromatic rings. The van der Waals surface area contributed by atoms with Gasteiger partial charge in [0, 0.05) is 47.9 Å². The number of aromatic nitrogens is 3. The zero-order valence-corrected chi connectivity index (χ0v) is 23.5. The van der Waals surface area contributed by atoms with Crippen LogP contribution < -0.4 is 10.6 Å². The van der Waals surface area contributed by atoms with Gasteiger partial charge in [-0.25, -0.2) is 15.0 Å². The smallest absolute Gasteiger partial charge is 0.138 e. The molecule has 1 aromatic carbocycles. The van der Waals surface area contributed by atoms with E-state index in [0.29, 0.717) is 0 Å². The van der Waals surface area contributed by atoms with Crippen molar-refractivity contribution in [2.75, 3.05) is 64.1 Å². The maximum Gasteiger partial charge on any atom is 0.138 e. The molecule has 5 rings (SSSR count). The van der Waals surface area contributed by atoms with Crippen molar-refractivity contribution >= 4 is 33.9 Å². The summed E-state index contributed by atoms with van der Waals surface area (Å²) in [4.78, 5) is 21.2. The van der Waals surface area contributed by atoms with Gasteiger partial charge in [0.25, 0.3) is 0 Å². The van der Waals surface area contributed by atoms with Crippen LogP contribution in [0.15, 0.2) is 48.7 Å². The fourth-order valence-corrected chi connectivity index (χ4v) is 5.84. The predicted molar refractivity (Wildman–Crippen MR) is 157 cm³/mol. The van der Waals surface area contributed by atoms with Crippen molar-refractivity contribution in [1.82, 2.24) is 24.8 Å². The molecule has 8 nitrogen and oxygen atoms in total. The number of benzene rings is 1. The van der Waals surface area contributed by atoms with Crippen LogP contribution in [0.4, 0.5) is 11.6 Å². The lowest BCUT2D eigenvalue weighted by Gasteiger charge is -2.26. The number of rotatable bonds is 10. The highest BCUT2D eigenvalue weighted by molar-refractivity contribution is 7.15. The Morgan fingerprint density at radius 1 is 1.11 bits per heavy atom. The van der Waals surface area contributed by atoms with Gasteiger partial charge in [-0.3, -0.25) is 4.90 Å². The first kappa shape index (κ1) is 26.5. The van der Waals surface area contributed by atoms with Gasteiger partial charge in [-0.15, -0.1) is 11.3 Å². The molecular weight excluding hydrogens is 494 g/mol. The summed E-state index contributed by atoms with van der Waals surface area (Å²) in [6.45, 7) is 10.4. The van der Waals surface area contributed by atoms with Crippen LogP contribution in [0, 0.1) is 6.92 Å². The van der Waals surface area contributed by atoms with Crippen LogP contribution in [0.25, 0.3) is 21.3 Å². The normalized spacial score (nSPS) is 15.2. The predicted octanol–water partition coefficient (Wildman–Crippen LogP) is 5.04. The van der Waals surface area contributed by atoms with E-state index < -0.39 is 0 Å². The van der Waals surface area contributed by atoms with E-state index in [9.17, 15) is 0 Å². The molecule has 1 saturated heterocycles. The zero-order valence-electron chi connectivity index (χ0n) is 22.7. The molecule has 0 radical (unpaired) electrons. The third-order valence-electron chi connectivity index (χ3n) is 6.71. The fraction of sp³-hybridized carbons (Fsp3) is 0.414. The van der Waals surface area contributed by atoms with E-state index in [1.165, 1.54) is 20.9 Å². The Hall–Kier alpha value is -3.11. The quantitative estimate of drug-likeness (QED) is 0.295. The topological polar surface area (TPSA) is 78.4 Å². The van der Waals surface area contributed by atoms with Gasteiger partial charge in [0.2, 0.25) is 0 Å². The van der Waals surface area contributed by atoms with Crippen LogP contribution in [0.2, 0.25) is 0 Å². The number of hydrogen-bond acceptors (Lipinski definition) is 9. The molecule has 0 amide bonds. The molecule has 2 N–H and O–H groups in total. The lowest BCUT2D eigenvalue weighted by atomic mass is 10.1. The van der Waals surface area contributed by atoms with E-state index in [4.69, 9.17) is 9.72 Å². The average Bonchev–Trinajstić information content (AvgIpc) is 3.40. The average molecular weight is 532 g/mol. The SMILES string of the molecule is Cc1nc(NC(C)c2ccc(-c3ccccc3CN(C)C)s2)c2cc(NCCN3CCOCC3)ncc2n1. The number of thiophene rings is 1. The Morgan fingerprint density at radius 2 is 1.92 bits per heavy atom. The third-order valence-corrected chi connectivity index (χ3v) is 8.01. The van der Waals surface area contributed by atoms with E-state index >= 15 is 0 Å². The molecule has 9 heteroatoms. The van der Waals surface area contributed by atoms with Crippen molar-refractivity contribution in [1.29, 1.82) is 0 Å². The maximum atomic E-state index is 5.45. The molecule has 38 heavy (non-hydrogen) atoms. The van der Waals surface area contributed by atoms with Crippen molar-refractivity contribution in [3.63, 3.8) is 0 Å². The highest BCUT2D eigenvalue weighted by Crippen LogP contribution is 2.35. The van der Waals surface area contributed by atoms with Gasteiger partial charge in [-0.1, -0.05) is 24.3 Å². The van der Waals surface area contributed by atoms with Crippen molar-refractivity contribution in [3.8, 4) is 10.4 Å². The largest absolute Gasteiger partial charge is 0.379 e. The van der Waals surface area contributed by atoms with Gasteiger partial charge in [-0.05, 0) is 57.3 Å². The summed E-state index contributed by atoms with van der Waals surface area (Å²) < 4.78 is 5.45. The number of fused-ring (bicyclic) bond motifs is 1. The first-order chi connectivity index (χ1) is 18.5. The lowest BCUT2D eigenvalue weighted by Crippen LogP contribution is -2.39. The Morgan fingerprint density at radius 3 is 2.74 bits per heavy atom. The van der Waals surface area contributed by atoms with Gasteiger partial charge < -0.3 is 20.3 Å². The molecule has 1 unspecified atom stereocenters. The molecule has 1 aliphatic rings. The van der Waals surface area contributed by atoms with Crippen molar-refractivity contribution in [3.05, 3.63) is 64.9 Å². The maximum absolute atomic E-state index is 5.45. The Kier molecular flexibility index (Phi) is 8.48. The van der Waals surface area contributed by atoms with E-state index in [1.807, 2.05) is 24.5 Å². The summed E-state index contributed by atoms with van der Waals surface area (Å²) >= 11 is 1.83. The number of anilines is 2. The molecule has 1 fully saturated rings. The second-order valence-electron chi connectivity index (χ2n) is 10.0. The highest BCUT2D eigenvalue weighted by Gasteiger charge is 2.16. The summed E-state index contributed by atoms with van der Waals surface area (Å²) in [5.74, 6) is 2.40. The number of pyridine rings is 1. The number of aryl methyl sites for hydroxylation is 1. The minimum absolute atomic E-state index is 0.0955. The first-order valence-corrected chi connectivity index (χ1v) is 14.1. The van der Waals surface area contributed by atoms with Crippen LogP contribution in [0.3, 0.4) is 0 Å². The molecule has 1 atom stereocenters. The summed E-state index contributed by atoms with van der Waals surface area (Å²) in [5, 5.41) is 8.11. The molecule has 0 aliphatic carbocycles. The molecule has 0 bridgehead atoms. The number of nitrogens with zero attached hydrogens (tertiary/aromatic N) is 5. The van der Waals surface area contributed by atoms with Gasteiger partial charge in [0.1, 0.15) is 17.5 Å². The molecule has 4 heterocycles. The summed E-state index contributed by atoms with van der Waals surface area (Å²) in [6.07, 6.45) is 1.84. The number of ether oxygens (including phenoxy) is 1. The van der Waals surface area contributed by atoms with E-state index in [0.717, 1.165) is 74.3 Å². The van der Waals surface area contributed by atoms with E-state index in [2.05, 4.69) is 93.9 Å². The van der Waals surface area contributed by atoms with Crippen molar-refractivity contribution in [2.45, 2.75) is 26.4 Å². The Bertz CT molecular complexity index is 1370. The zero-order chi connectivity index (χ0) is 26.5. The monoisotopic (exact) mass is 531 g/mol. The summed E-state index contributed by atoms with van der Waals surface area (Å²) in [6, 6.07) is 15.3. The molecular formula is C29H37N7OS. The third kappa shape index (κ3) is 6.47. The van der Waals surface area contributed by atoms with Gasteiger partial charge in [-0.2, -0.15) is 0 Å². The molecule has 0 spiro atoms. The van der Waals surface area contributed by atoms with Crippen LogP contribution >= 0.6 is 11.3 Å². The molecule has 200 valence electrons. The standard InChI is InChI=1S/C29H37N7OS/c1-20(26-9-10-27(38-26)23-8-6-5-7-22(23)19-35(3)4)32-29-24-17-28(31-18-25(24)33-21(2)34-29)30-11-12-36-13-15-37-16-14-36/h5-10,17-18,20H,11-16,19H2,1-4H3,(H,30,31)(H,32,33,34). The van der Waals surface area contributed by atoms with Gasteiger partial charge in [0.15, 0.2) is 0 Å². The van der Waals surface area contributed by atoms with Crippen LogP contribution in [-0.4, -0.2) is 78.2 Å². The Balaban J connectivity index is 1.32. The van der Waals surface area contributed by atoms with Crippen LogP contribution in [0.5, 0.6) is 0 Å². The lowest BCUT2D eigenvalue weighted by molar-refractivity contribution is 0.0398. The Labute approximate surface area is 229 Å². The van der Waals surface area contributed by atoms with Crippen LogP contribution in [0.1, 0.15) is 29.2 Å². The number of hydrogen-bond donors (Lipinski definition) is 2. The minimum Gasteiger partial charge on any atom is -0.379 e. The fourth-order valence-electron chi connectivity index (χ4n) is 4.77. The second-order valence-corrected chi connectivity index (χ2v) is 11.2. The van der Waals surface area contributed by atoms with Gasteiger partial charge in [0.05, 0.1) is 31.0 Å². The molecule has 0 saturated carbocycles. The van der Waals surface area contributed by atoms with Crippen molar-refractivity contribution in [2.24, 2.45) is 0 Å². The van der Waals surface area contributed by atoms with Crippen molar-refractivity contribution < 1.29 is 4.74 Å².